The van der Waals surface area contributed by atoms with Crippen molar-refractivity contribution in [3.05, 3.63) is 29.8 Å². The number of carbonyl (C=O) groups is 1. The van der Waals surface area contributed by atoms with Crippen molar-refractivity contribution in [3.63, 3.8) is 0 Å². The minimum atomic E-state index is -0.108. The van der Waals surface area contributed by atoms with Crippen molar-refractivity contribution in [1.82, 2.24) is 5.32 Å². The lowest BCUT2D eigenvalue weighted by atomic mass is 9.65. The van der Waals surface area contributed by atoms with Gasteiger partial charge in [-0.05, 0) is 55.2 Å². The van der Waals surface area contributed by atoms with Crippen LogP contribution in [-0.4, -0.2) is 25.6 Å². The largest absolute Gasteiger partial charge is 0.497 e. The Morgan fingerprint density at radius 2 is 1.77 bits per heavy atom. The topological polar surface area (TPSA) is 64.3 Å². The van der Waals surface area contributed by atoms with E-state index in [1.165, 1.54) is 24.8 Å². The number of hydrogen-bond donors (Lipinski definition) is 2. The molecule has 1 aromatic carbocycles. The van der Waals surface area contributed by atoms with Crippen molar-refractivity contribution < 1.29 is 9.53 Å². The van der Waals surface area contributed by atoms with Crippen molar-refractivity contribution in [2.75, 3.05) is 13.7 Å². The smallest absolute Gasteiger partial charge is 0.223 e. The maximum absolute atomic E-state index is 12.7. The van der Waals surface area contributed by atoms with Gasteiger partial charge in [0.15, 0.2) is 0 Å². The number of rotatable bonds is 5. The number of methoxy groups -OCH3 is 1. The lowest BCUT2D eigenvalue weighted by Crippen LogP contribution is -2.50. The summed E-state index contributed by atoms with van der Waals surface area (Å²) in [6.45, 7) is 4.98. The average Bonchev–Trinajstić information content (AvgIpc) is 2.59. The first-order chi connectivity index (χ1) is 11.9. The van der Waals surface area contributed by atoms with Crippen LogP contribution in [-0.2, 0) is 10.2 Å². The molecule has 0 aromatic heterocycles. The molecule has 1 aromatic rings. The van der Waals surface area contributed by atoms with Crippen LogP contribution >= 0.6 is 12.4 Å². The number of fused-ring (bicyclic) bond motifs is 2. The highest BCUT2D eigenvalue weighted by molar-refractivity contribution is 5.85. The van der Waals surface area contributed by atoms with Gasteiger partial charge in [0, 0.05) is 23.9 Å². The van der Waals surface area contributed by atoms with Gasteiger partial charge in [-0.15, -0.1) is 12.4 Å². The van der Waals surface area contributed by atoms with Crippen LogP contribution in [0.25, 0.3) is 0 Å². The van der Waals surface area contributed by atoms with Crippen molar-refractivity contribution in [1.29, 1.82) is 0 Å². The summed E-state index contributed by atoms with van der Waals surface area (Å²) in [5.74, 6) is 2.29. The van der Waals surface area contributed by atoms with Crippen molar-refractivity contribution in [3.8, 4) is 5.75 Å². The van der Waals surface area contributed by atoms with E-state index in [0.29, 0.717) is 24.4 Å². The molecule has 0 aliphatic heterocycles. The summed E-state index contributed by atoms with van der Waals surface area (Å²) >= 11 is 0. The summed E-state index contributed by atoms with van der Waals surface area (Å²) in [7, 11) is 1.67. The van der Waals surface area contributed by atoms with Crippen LogP contribution in [0.4, 0.5) is 0 Å². The quantitative estimate of drug-likeness (QED) is 0.819. The maximum Gasteiger partial charge on any atom is 0.223 e. The SMILES string of the molecule is COc1ccc(C(C)(C)CNC(=O)C2CC3CCCC(C2)C3N)cc1.Cl. The monoisotopic (exact) mass is 380 g/mol. The summed E-state index contributed by atoms with van der Waals surface area (Å²) in [5.41, 5.74) is 7.44. The number of halogens is 1. The number of nitrogens with two attached hydrogens (primary N) is 1. The minimum Gasteiger partial charge on any atom is -0.497 e. The molecule has 2 atom stereocenters. The van der Waals surface area contributed by atoms with Crippen molar-refractivity contribution in [2.45, 2.75) is 57.4 Å². The highest BCUT2D eigenvalue weighted by Gasteiger charge is 2.40. The van der Waals surface area contributed by atoms with Gasteiger partial charge in [-0.25, -0.2) is 0 Å². The third-order valence-corrected chi connectivity index (χ3v) is 6.36. The van der Waals surface area contributed by atoms with Crippen LogP contribution in [0.2, 0.25) is 0 Å². The fourth-order valence-corrected chi connectivity index (χ4v) is 4.60. The molecular formula is C21H33ClN2O2. The summed E-state index contributed by atoms with van der Waals surface area (Å²) in [4.78, 5) is 12.7. The van der Waals surface area contributed by atoms with Gasteiger partial charge in [-0.1, -0.05) is 32.4 Å². The number of nitrogens with one attached hydrogen (secondary N) is 1. The fraction of sp³-hybridized carbons (Fsp3) is 0.667. The molecule has 2 aliphatic rings. The van der Waals surface area contributed by atoms with Crippen LogP contribution in [0.15, 0.2) is 24.3 Å². The Labute approximate surface area is 163 Å². The van der Waals surface area contributed by atoms with Gasteiger partial charge in [-0.3, -0.25) is 4.79 Å². The maximum atomic E-state index is 12.7. The number of hydrogen-bond acceptors (Lipinski definition) is 3. The van der Waals surface area contributed by atoms with Crippen LogP contribution < -0.4 is 15.8 Å². The second kappa shape index (κ2) is 8.62. The first-order valence-corrected chi connectivity index (χ1v) is 9.58. The zero-order valence-corrected chi connectivity index (χ0v) is 17.0. The standard InChI is InChI=1S/C21H32N2O2.ClH/c1-21(2,17-7-9-18(25-3)10-8-17)13-23-20(24)16-11-14-5-4-6-15(12-16)19(14)22;/h7-10,14-16,19H,4-6,11-13,22H2,1-3H3,(H,23,24);1H. The Morgan fingerprint density at radius 3 is 2.31 bits per heavy atom. The summed E-state index contributed by atoms with van der Waals surface area (Å²) in [5, 5.41) is 3.21. The van der Waals surface area contributed by atoms with E-state index in [9.17, 15) is 4.79 Å². The summed E-state index contributed by atoms with van der Waals surface area (Å²) in [6, 6.07) is 8.42. The molecule has 26 heavy (non-hydrogen) atoms. The molecule has 1 amide bonds. The minimum absolute atomic E-state index is 0. The molecule has 3 rings (SSSR count). The van der Waals surface area contributed by atoms with Gasteiger partial charge in [0.2, 0.25) is 5.91 Å². The molecule has 3 N–H and O–H groups in total. The Morgan fingerprint density at radius 1 is 1.19 bits per heavy atom. The van der Waals surface area contributed by atoms with Gasteiger partial charge >= 0.3 is 0 Å². The zero-order chi connectivity index (χ0) is 18.0. The predicted octanol–water partition coefficient (Wildman–Crippen LogP) is 3.66. The van der Waals surface area contributed by atoms with E-state index in [1.54, 1.807) is 7.11 Å². The molecule has 0 saturated heterocycles. The molecule has 2 aliphatic carbocycles. The first kappa shape index (κ1) is 21.0. The molecule has 0 heterocycles. The second-order valence-electron chi connectivity index (χ2n) is 8.53. The summed E-state index contributed by atoms with van der Waals surface area (Å²) in [6.07, 6.45) is 5.60. The van der Waals surface area contributed by atoms with Gasteiger partial charge in [0.25, 0.3) is 0 Å². The number of amides is 1. The third kappa shape index (κ3) is 4.52. The molecule has 2 saturated carbocycles. The first-order valence-electron chi connectivity index (χ1n) is 9.58. The van der Waals surface area contributed by atoms with Crippen LogP contribution in [0.3, 0.4) is 0 Å². The summed E-state index contributed by atoms with van der Waals surface area (Å²) < 4.78 is 5.22. The Bertz CT molecular complexity index is 589. The van der Waals surface area contributed by atoms with E-state index in [-0.39, 0.29) is 29.6 Å². The highest BCUT2D eigenvalue weighted by Crippen LogP contribution is 2.42. The lowest BCUT2D eigenvalue weighted by Gasteiger charge is -2.43. The third-order valence-electron chi connectivity index (χ3n) is 6.36. The molecule has 0 spiro atoms. The Hall–Kier alpha value is -1.26. The van der Waals surface area contributed by atoms with Gasteiger partial charge in [-0.2, -0.15) is 0 Å². The van der Waals surface area contributed by atoms with E-state index in [1.807, 2.05) is 12.1 Å². The average molecular weight is 381 g/mol. The van der Waals surface area contributed by atoms with Crippen molar-refractivity contribution >= 4 is 18.3 Å². The number of ether oxygens (including phenoxy) is 1. The zero-order valence-electron chi connectivity index (χ0n) is 16.2. The van der Waals surface area contributed by atoms with E-state index in [0.717, 1.165) is 18.6 Å². The molecule has 4 nitrogen and oxygen atoms in total. The number of carbonyl (C=O) groups excluding carboxylic acids is 1. The Balaban J connectivity index is 0.00000243. The molecule has 146 valence electrons. The highest BCUT2D eigenvalue weighted by atomic mass is 35.5. The normalized spacial score (nSPS) is 28.0. The van der Waals surface area contributed by atoms with Gasteiger partial charge in [0.05, 0.1) is 7.11 Å². The van der Waals surface area contributed by atoms with E-state index < -0.39 is 0 Å². The van der Waals surface area contributed by atoms with E-state index >= 15 is 0 Å². The van der Waals surface area contributed by atoms with E-state index in [2.05, 4.69) is 31.3 Å². The van der Waals surface area contributed by atoms with Crippen LogP contribution in [0.5, 0.6) is 5.75 Å². The molecular weight excluding hydrogens is 348 g/mol. The lowest BCUT2D eigenvalue weighted by molar-refractivity contribution is -0.128. The second-order valence-corrected chi connectivity index (χ2v) is 8.53. The molecule has 2 unspecified atom stereocenters. The van der Waals surface area contributed by atoms with Gasteiger partial charge in [0.1, 0.15) is 5.75 Å². The molecule has 5 heteroatoms. The molecule has 2 bridgehead atoms. The molecule has 0 radical (unpaired) electrons. The Kier molecular flexibility index (Phi) is 6.98. The molecule has 2 fully saturated rings. The fourth-order valence-electron chi connectivity index (χ4n) is 4.60. The van der Waals surface area contributed by atoms with E-state index in [4.69, 9.17) is 10.5 Å². The van der Waals surface area contributed by atoms with Crippen LogP contribution in [0, 0.1) is 17.8 Å². The van der Waals surface area contributed by atoms with Crippen molar-refractivity contribution in [2.24, 2.45) is 23.5 Å². The number of benzene rings is 1. The van der Waals surface area contributed by atoms with Gasteiger partial charge < -0.3 is 15.8 Å². The predicted molar refractivity (Wildman–Crippen MR) is 108 cm³/mol. The van der Waals surface area contributed by atoms with Crippen LogP contribution in [0.1, 0.15) is 51.5 Å².